The summed E-state index contributed by atoms with van der Waals surface area (Å²) in [7, 11) is 0. The number of thiophene rings is 1. The molecule has 1 aliphatic rings. The summed E-state index contributed by atoms with van der Waals surface area (Å²) in [5.74, 6) is -0.795. The van der Waals surface area contributed by atoms with E-state index in [0.717, 1.165) is 37.2 Å². The lowest BCUT2D eigenvalue weighted by molar-refractivity contribution is -0.137. The van der Waals surface area contributed by atoms with E-state index in [0.29, 0.717) is 30.2 Å². The molecule has 2 heterocycles. The first-order valence-corrected chi connectivity index (χ1v) is 10.4. The Morgan fingerprint density at radius 1 is 1.03 bits per heavy atom. The standard InChI is InChI=1S/C20H23F3N4O2S/c21-20(22,23)15-4-2-14(3-5-15)12-26-7-1-8-27(10-9-26)13-17(28)25-19-16(18(24)29)6-11-30-19/h2-6,11H,1,7-10,12-13H2,(H2,24,29)(H,25,28). The molecule has 0 saturated carbocycles. The summed E-state index contributed by atoms with van der Waals surface area (Å²) < 4.78 is 38.1. The number of hydrogen-bond acceptors (Lipinski definition) is 5. The Labute approximate surface area is 176 Å². The van der Waals surface area contributed by atoms with Crippen molar-refractivity contribution in [3.63, 3.8) is 0 Å². The first-order chi connectivity index (χ1) is 14.2. The molecule has 0 unspecified atom stereocenters. The van der Waals surface area contributed by atoms with E-state index in [2.05, 4.69) is 10.2 Å². The zero-order valence-corrected chi connectivity index (χ0v) is 17.1. The van der Waals surface area contributed by atoms with Gasteiger partial charge in [0.2, 0.25) is 5.91 Å². The molecule has 0 bridgehead atoms. The number of primary amides is 1. The quantitative estimate of drug-likeness (QED) is 0.724. The zero-order valence-electron chi connectivity index (χ0n) is 16.2. The first kappa shape index (κ1) is 22.3. The third-order valence-electron chi connectivity index (χ3n) is 4.92. The highest BCUT2D eigenvalue weighted by molar-refractivity contribution is 7.14. The van der Waals surface area contributed by atoms with Gasteiger partial charge in [-0.3, -0.25) is 19.4 Å². The summed E-state index contributed by atoms with van der Waals surface area (Å²) in [5.41, 5.74) is 5.77. The normalized spacial score (nSPS) is 16.2. The lowest BCUT2D eigenvalue weighted by Gasteiger charge is -2.21. The Morgan fingerprint density at radius 2 is 1.70 bits per heavy atom. The Balaban J connectivity index is 1.49. The molecule has 162 valence electrons. The molecule has 0 spiro atoms. The summed E-state index contributed by atoms with van der Waals surface area (Å²) in [6.07, 6.45) is -3.48. The summed E-state index contributed by atoms with van der Waals surface area (Å²) in [4.78, 5) is 27.9. The van der Waals surface area contributed by atoms with Crippen molar-refractivity contribution in [2.75, 3.05) is 38.0 Å². The molecular formula is C20H23F3N4O2S. The number of carbonyl (C=O) groups is 2. The number of rotatable bonds is 6. The number of amides is 2. The van der Waals surface area contributed by atoms with Crippen LogP contribution in [0.25, 0.3) is 0 Å². The Morgan fingerprint density at radius 3 is 2.37 bits per heavy atom. The maximum absolute atomic E-state index is 12.7. The monoisotopic (exact) mass is 440 g/mol. The minimum atomic E-state index is -4.33. The first-order valence-electron chi connectivity index (χ1n) is 9.50. The molecule has 1 aromatic carbocycles. The van der Waals surface area contributed by atoms with E-state index in [1.54, 1.807) is 11.4 Å². The van der Waals surface area contributed by atoms with E-state index >= 15 is 0 Å². The van der Waals surface area contributed by atoms with Gasteiger partial charge in [-0.25, -0.2) is 0 Å². The Hall–Kier alpha value is -2.43. The molecule has 2 aromatic rings. The third kappa shape index (κ3) is 6.04. The topological polar surface area (TPSA) is 78.7 Å². The van der Waals surface area contributed by atoms with Gasteiger partial charge in [-0.1, -0.05) is 12.1 Å². The number of carbonyl (C=O) groups excluding carboxylic acids is 2. The van der Waals surface area contributed by atoms with Crippen molar-refractivity contribution in [1.82, 2.24) is 9.80 Å². The van der Waals surface area contributed by atoms with Gasteiger partial charge >= 0.3 is 6.18 Å². The second-order valence-corrected chi connectivity index (χ2v) is 8.09. The van der Waals surface area contributed by atoms with Crippen LogP contribution in [-0.4, -0.2) is 54.3 Å². The van der Waals surface area contributed by atoms with Gasteiger partial charge in [-0.05, 0) is 48.7 Å². The van der Waals surface area contributed by atoms with Crippen molar-refractivity contribution in [2.24, 2.45) is 5.73 Å². The van der Waals surface area contributed by atoms with Crippen LogP contribution in [0.15, 0.2) is 35.7 Å². The van der Waals surface area contributed by atoms with Crippen molar-refractivity contribution < 1.29 is 22.8 Å². The van der Waals surface area contributed by atoms with Gasteiger partial charge in [-0.2, -0.15) is 13.2 Å². The molecule has 10 heteroatoms. The smallest absolute Gasteiger partial charge is 0.366 e. The fourth-order valence-electron chi connectivity index (χ4n) is 3.37. The van der Waals surface area contributed by atoms with Gasteiger partial charge in [0.15, 0.2) is 0 Å². The molecule has 0 aliphatic carbocycles. The number of alkyl halides is 3. The van der Waals surface area contributed by atoms with Gasteiger partial charge in [0.25, 0.3) is 5.91 Å². The number of nitrogens with two attached hydrogens (primary N) is 1. The van der Waals surface area contributed by atoms with Crippen LogP contribution in [0.5, 0.6) is 0 Å². The summed E-state index contributed by atoms with van der Waals surface area (Å²) >= 11 is 1.25. The number of halogens is 3. The second kappa shape index (κ2) is 9.59. The SMILES string of the molecule is NC(=O)c1ccsc1NC(=O)CN1CCCN(Cc2ccc(C(F)(F)F)cc2)CC1. The fraction of sp³-hybridized carbons (Fsp3) is 0.400. The zero-order chi connectivity index (χ0) is 21.7. The Bertz CT molecular complexity index is 883. The third-order valence-corrected chi connectivity index (χ3v) is 5.75. The van der Waals surface area contributed by atoms with Gasteiger partial charge in [0.1, 0.15) is 5.00 Å². The molecule has 0 radical (unpaired) electrons. The van der Waals surface area contributed by atoms with Crippen LogP contribution in [0.1, 0.15) is 27.9 Å². The average Bonchev–Trinajstić information content (AvgIpc) is 3.02. The molecule has 3 N–H and O–H groups in total. The van der Waals surface area contributed by atoms with Gasteiger partial charge in [-0.15, -0.1) is 11.3 Å². The molecule has 1 saturated heterocycles. The van der Waals surface area contributed by atoms with Crippen molar-refractivity contribution >= 4 is 28.2 Å². The molecule has 3 rings (SSSR count). The Kier molecular flexibility index (Phi) is 7.11. The lowest BCUT2D eigenvalue weighted by Crippen LogP contribution is -2.36. The van der Waals surface area contributed by atoms with Crippen LogP contribution in [0.4, 0.5) is 18.2 Å². The van der Waals surface area contributed by atoms with Gasteiger partial charge in [0.05, 0.1) is 17.7 Å². The predicted molar refractivity (Wildman–Crippen MR) is 109 cm³/mol. The van der Waals surface area contributed by atoms with Gasteiger partial charge in [0, 0.05) is 19.6 Å². The molecule has 0 atom stereocenters. The minimum absolute atomic E-state index is 0.199. The van der Waals surface area contributed by atoms with E-state index in [9.17, 15) is 22.8 Å². The molecule has 1 aliphatic heterocycles. The van der Waals surface area contributed by atoms with E-state index in [1.807, 2.05) is 4.90 Å². The highest BCUT2D eigenvalue weighted by atomic mass is 32.1. The highest BCUT2D eigenvalue weighted by Gasteiger charge is 2.30. The fourth-order valence-corrected chi connectivity index (χ4v) is 4.18. The van der Waals surface area contributed by atoms with Crippen molar-refractivity contribution in [2.45, 2.75) is 19.1 Å². The highest BCUT2D eigenvalue weighted by Crippen LogP contribution is 2.29. The summed E-state index contributed by atoms with van der Waals surface area (Å²) in [6, 6.07) is 6.81. The molecule has 30 heavy (non-hydrogen) atoms. The van der Waals surface area contributed by atoms with E-state index in [1.165, 1.54) is 23.5 Å². The van der Waals surface area contributed by atoms with E-state index < -0.39 is 17.6 Å². The van der Waals surface area contributed by atoms with Gasteiger partial charge < -0.3 is 11.1 Å². The van der Waals surface area contributed by atoms with Crippen LogP contribution in [-0.2, 0) is 17.5 Å². The largest absolute Gasteiger partial charge is 0.416 e. The maximum atomic E-state index is 12.7. The number of anilines is 1. The van der Waals surface area contributed by atoms with E-state index in [-0.39, 0.29) is 12.5 Å². The van der Waals surface area contributed by atoms with Crippen LogP contribution in [0.3, 0.4) is 0 Å². The molecule has 6 nitrogen and oxygen atoms in total. The van der Waals surface area contributed by atoms with E-state index in [4.69, 9.17) is 5.73 Å². The van der Waals surface area contributed by atoms with Crippen LogP contribution >= 0.6 is 11.3 Å². The van der Waals surface area contributed by atoms with Crippen LogP contribution < -0.4 is 11.1 Å². The lowest BCUT2D eigenvalue weighted by atomic mass is 10.1. The van der Waals surface area contributed by atoms with Crippen molar-refractivity contribution in [1.29, 1.82) is 0 Å². The predicted octanol–water partition coefficient (Wildman–Crippen LogP) is 3.01. The number of hydrogen-bond donors (Lipinski definition) is 2. The summed E-state index contributed by atoms with van der Waals surface area (Å²) in [6.45, 7) is 3.68. The number of benzene rings is 1. The van der Waals surface area contributed by atoms with Crippen molar-refractivity contribution in [3.05, 3.63) is 52.4 Å². The van der Waals surface area contributed by atoms with Crippen molar-refractivity contribution in [3.8, 4) is 0 Å². The molecule has 2 amide bonds. The van der Waals surface area contributed by atoms with Crippen LogP contribution in [0, 0.1) is 0 Å². The minimum Gasteiger partial charge on any atom is -0.366 e. The maximum Gasteiger partial charge on any atom is 0.416 e. The number of nitrogens with zero attached hydrogens (tertiary/aromatic N) is 2. The molecule has 1 aromatic heterocycles. The second-order valence-electron chi connectivity index (χ2n) is 7.18. The molecule has 1 fully saturated rings. The summed E-state index contributed by atoms with van der Waals surface area (Å²) in [5, 5.41) is 4.89. The molecular weight excluding hydrogens is 417 g/mol. The average molecular weight is 440 g/mol. The number of nitrogens with one attached hydrogen (secondary N) is 1. The van der Waals surface area contributed by atoms with Crippen LogP contribution in [0.2, 0.25) is 0 Å².